The minimum absolute atomic E-state index is 0.270. The number of aryl methyl sites for hydroxylation is 1. The van der Waals surface area contributed by atoms with E-state index in [2.05, 4.69) is 17.2 Å². The lowest BCUT2D eigenvalue weighted by atomic mass is 10.2. The van der Waals surface area contributed by atoms with E-state index in [1.165, 1.54) is 5.56 Å². The zero-order valence-corrected chi connectivity index (χ0v) is 7.78. The molecule has 0 radical (unpaired) electrons. The Bertz CT molecular complexity index is 260. The third-order valence-electron chi connectivity index (χ3n) is 1.44. The highest BCUT2D eigenvalue weighted by Crippen LogP contribution is 2.13. The number of nitrogens with zero attached hydrogens (tertiary/aromatic N) is 2. The van der Waals surface area contributed by atoms with Gasteiger partial charge in [-0.2, -0.15) is 10.2 Å². The quantitative estimate of drug-likeness (QED) is 0.595. The van der Waals surface area contributed by atoms with Crippen molar-refractivity contribution in [1.82, 2.24) is 0 Å². The van der Waals surface area contributed by atoms with Gasteiger partial charge in [-0.3, -0.25) is 0 Å². The van der Waals surface area contributed by atoms with Crippen LogP contribution in [0.1, 0.15) is 19.4 Å². The second-order valence-corrected chi connectivity index (χ2v) is 3.14. The average Bonchev–Trinajstić information content (AvgIpc) is 2.03. The number of benzene rings is 1. The molecule has 0 saturated heterocycles. The van der Waals surface area contributed by atoms with E-state index < -0.39 is 0 Å². The highest BCUT2D eigenvalue weighted by atomic mass is 15.1. The smallest absolute Gasteiger partial charge is 0.0852 e. The maximum Gasteiger partial charge on any atom is 0.0852 e. The molecule has 64 valence electrons. The van der Waals surface area contributed by atoms with Gasteiger partial charge in [0.05, 0.1) is 11.7 Å². The van der Waals surface area contributed by atoms with Gasteiger partial charge in [0.25, 0.3) is 0 Å². The van der Waals surface area contributed by atoms with Crippen LogP contribution in [0.3, 0.4) is 0 Å². The highest BCUT2D eigenvalue weighted by molar-refractivity contribution is 5.37. The first kappa shape index (κ1) is 8.91. The Morgan fingerprint density at radius 3 is 2.17 bits per heavy atom. The molecule has 0 atom stereocenters. The summed E-state index contributed by atoms with van der Waals surface area (Å²) in [5.41, 5.74) is 2.17. The first-order valence-corrected chi connectivity index (χ1v) is 4.16. The monoisotopic (exact) mass is 162 g/mol. The van der Waals surface area contributed by atoms with E-state index in [0.717, 1.165) is 5.69 Å². The van der Waals surface area contributed by atoms with Crippen molar-refractivity contribution in [3.05, 3.63) is 29.8 Å². The Hall–Kier alpha value is -1.18. The van der Waals surface area contributed by atoms with Crippen LogP contribution in [0, 0.1) is 6.92 Å². The van der Waals surface area contributed by atoms with Gasteiger partial charge in [0.15, 0.2) is 0 Å². The molecule has 0 saturated carbocycles. The third-order valence-corrected chi connectivity index (χ3v) is 1.44. The van der Waals surface area contributed by atoms with Gasteiger partial charge in [0, 0.05) is 0 Å². The first-order valence-electron chi connectivity index (χ1n) is 4.16. The maximum atomic E-state index is 4.07. The molecule has 0 N–H and O–H groups in total. The molecule has 12 heavy (non-hydrogen) atoms. The van der Waals surface area contributed by atoms with E-state index in [9.17, 15) is 0 Å². The van der Waals surface area contributed by atoms with Crippen LogP contribution in [0.2, 0.25) is 0 Å². The van der Waals surface area contributed by atoms with Crippen LogP contribution in [0.5, 0.6) is 0 Å². The minimum atomic E-state index is 0.270. The van der Waals surface area contributed by atoms with Crippen molar-refractivity contribution in [1.29, 1.82) is 0 Å². The molecule has 0 heterocycles. The molecule has 0 fully saturated rings. The van der Waals surface area contributed by atoms with E-state index in [1.807, 2.05) is 38.1 Å². The summed E-state index contributed by atoms with van der Waals surface area (Å²) in [6.07, 6.45) is 0. The van der Waals surface area contributed by atoms with Gasteiger partial charge >= 0.3 is 0 Å². The van der Waals surface area contributed by atoms with Gasteiger partial charge in [0.1, 0.15) is 0 Å². The summed E-state index contributed by atoms with van der Waals surface area (Å²) in [5, 5.41) is 8.12. The Morgan fingerprint density at radius 1 is 1.08 bits per heavy atom. The summed E-state index contributed by atoms with van der Waals surface area (Å²) < 4.78 is 0. The average molecular weight is 162 g/mol. The molecule has 2 heteroatoms. The van der Waals surface area contributed by atoms with Crippen molar-refractivity contribution in [2.45, 2.75) is 26.8 Å². The van der Waals surface area contributed by atoms with Crippen molar-refractivity contribution in [2.24, 2.45) is 10.2 Å². The van der Waals surface area contributed by atoms with Crippen LogP contribution < -0.4 is 0 Å². The second kappa shape index (κ2) is 4.00. The summed E-state index contributed by atoms with van der Waals surface area (Å²) >= 11 is 0. The van der Waals surface area contributed by atoms with Crippen LogP contribution in [0.25, 0.3) is 0 Å². The third kappa shape index (κ3) is 2.82. The normalized spacial score (nSPS) is 11.3. The summed E-state index contributed by atoms with van der Waals surface area (Å²) in [6.45, 7) is 6.08. The largest absolute Gasteiger partial charge is 0.186 e. The summed E-state index contributed by atoms with van der Waals surface area (Å²) in [5.74, 6) is 0. The molecule has 2 nitrogen and oxygen atoms in total. The van der Waals surface area contributed by atoms with Crippen molar-refractivity contribution in [2.75, 3.05) is 0 Å². The topological polar surface area (TPSA) is 24.7 Å². The maximum absolute atomic E-state index is 4.07. The van der Waals surface area contributed by atoms with Gasteiger partial charge in [0.2, 0.25) is 0 Å². The Kier molecular flexibility index (Phi) is 2.97. The summed E-state index contributed by atoms with van der Waals surface area (Å²) in [4.78, 5) is 0. The van der Waals surface area contributed by atoms with Gasteiger partial charge < -0.3 is 0 Å². The first-order chi connectivity index (χ1) is 5.68. The van der Waals surface area contributed by atoms with Crippen LogP contribution >= 0.6 is 0 Å². The van der Waals surface area contributed by atoms with Crippen LogP contribution in [-0.4, -0.2) is 6.04 Å². The molecule has 0 aliphatic carbocycles. The fourth-order valence-corrected chi connectivity index (χ4v) is 0.794. The molecule has 0 aliphatic rings. The Labute approximate surface area is 73.3 Å². The van der Waals surface area contributed by atoms with Gasteiger partial charge in [-0.05, 0) is 32.9 Å². The highest BCUT2D eigenvalue weighted by Gasteiger charge is 1.89. The number of azo groups is 1. The standard InChI is InChI=1S/C10H14N2/c1-8(2)11-12-10-6-4-9(3)5-7-10/h4-8H,1-3H3. The lowest BCUT2D eigenvalue weighted by molar-refractivity contribution is 0.779. The molecule has 0 spiro atoms. The predicted octanol–water partition coefficient (Wildman–Crippen LogP) is 3.49. The summed E-state index contributed by atoms with van der Waals surface area (Å²) in [7, 11) is 0. The van der Waals surface area contributed by atoms with E-state index in [1.54, 1.807) is 0 Å². The molecule has 0 bridgehead atoms. The SMILES string of the molecule is Cc1ccc(N=NC(C)C)cc1. The fourth-order valence-electron chi connectivity index (χ4n) is 0.794. The number of hydrogen-bond donors (Lipinski definition) is 0. The molecule has 1 aromatic rings. The molecular formula is C10H14N2. The molecule has 0 unspecified atom stereocenters. The molecular weight excluding hydrogens is 148 g/mol. The summed E-state index contributed by atoms with van der Waals surface area (Å²) in [6, 6.07) is 8.29. The van der Waals surface area contributed by atoms with Gasteiger partial charge in [-0.15, -0.1) is 0 Å². The van der Waals surface area contributed by atoms with Crippen molar-refractivity contribution >= 4 is 5.69 Å². The second-order valence-electron chi connectivity index (χ2n) is 3.14. The van der Waals surface area contributed by atoms with Crippen LogP contribution in [0.4, 0.5) is 5.69 Å². The lowest BCUT2D eigenvalue weighted by Gasteiger charge is -1.95. The Balaban J connectivity index is 2.71. The Morgan fingerprint density at radius 2 is 1.67 bits per heavy atom. The lowest BCUT2D eigenvalue weighted by Crippen LogP contribution is -1.83. The van der Waals surface area contributed by atoms with E-state index in [-0.39, 0.29) is 6.04 Å². The van der Waals surface area contributed by atoms with Crippen LogP contribution in [-0.2, 0) is 0 Å². The number of rotatable bonds is 2. The van der Waals surface area contributed by atoms with E-state index in [0.29, 0.717) is 0 Å². The predicted molar refractivity (Wildman–Crippen MR) is 50.8 cm³/mol. The number of hydrogen-bond acceptors (Lipinski definition) is 2. The van der Waals surface area contributed by atoms with Gasteiger partial charge in [-0.25, -0.2) is 0 Å². The van der Waals surface area contributed by atoms with Gasteiger partial charge in [-0.1, -0.05) is 17.7 Å². The zero-order valence-electron chi connectivity index (χ0n) is 7.78. The van der Waals surface area contributed by atoms with Crippen molar-refractivity contribution < 1.29 is 0 Å². The van der Waals surface area contributed by atoms with E-state index >= 15 is 0 Å². The van der Waals surface area contributed by atoms with Crippen molar-refractivity contribution in [3.8, 4) is 0 Å². The fraction of sp³-hybridized carbons (Fsp3) is 0.400. The molecule has 0 amide bonds. The molecule has 1 rings (SSSR count). The van der Waals surface area contributed by atoms with Crippen LogP contribution in [0.15, 0.2) is 34.5 Å². The zero-order chi connectivity index (χ0) is 8.97. The van der Waals surface area contributed by atoms with Crippen molar-refractivity contribution in [3.63, 3.8) is 0 Å². The minimum Gasteiger partial charge on any atom is -0.186 e. The molecule has 0 aromatic heterocycles. The van der Waals surface area contributed by atoms with E-state index in [4.69, 9.17) is 0 Å². The molecule has 1 aromatic carbocycles. The molecule has 0 aliphatic heterocycles.